The van der Waals surface area contributed by atoms with Crippen molar-refractivity contribution in [2.24, 2.45) is 0 Å². The molecule has 6 nitrogen and oxygen atoms in total. The molecule has 1 spiro atoms. The van der Waals surface area contributed by atoms with E-state index in [2.05, 4.69) is 4.98 Å². The summed E-state index contributed by atoms with van der Waals surface area (Å²) in [5.74, 6) is 0.0765. The molecule has 1 atom stereocenters. The maximum absolute atomic E-state index is 12.0. The van der Waals surface area contributed by atoms with E-state index in [9.17, 15) is 4.79 Å². The van der Waals surface area contributed by atoms with Crippen LogP contribution in [0.2, 0.25) is 0 Å². The first kappa shape index (κ1) is 17.3. The van der Waals surface area contributed by atoms with Gasteiger partial charge in [-0.3, -0.25) is 9.78 Å². The second-order valence-electron chi connectivity index (χ2n) is 6.47. The summed E-state index contributed by atoms with van der Waals surface area (Å²) < 4.78 is 17.2. The Morgan fingerprint density at radius 1 is 1.42 bits per heavy atom. The minimum absolute atomic E-state index is 0.0765. The van der Waals surface area contributed by atoms with Crippen LogP contribution in [0.4, 0.5) is 0 Å². The highest BCUT2D eigenvalue weighted by molar-refractivity contribution is 5.77. The number of aromatic nitrogens is 1. The summed E-state index contributed by atoms with van der Waals surface area (Å²) in [5, 5.41) is 0. The average Bonchev–Trinajstić information content (AvgIpc) is 3.02. The minimum atomic E-state index is -0.128. The van der Waals surface area contributed by atoms with E-state index in [0.29, 0.717) is 19.8 Å². The second-order valence-corrected chi connectivity index (χ2v) is 6.47. The Bertz CT molecular complexity index is 529. The normalized spacial score (nSPS) is 22.9. The van der Waals surface area contributed by atoms with Crippen molar-refractivity contribution in [2.45, 2.75) is 44.5 Å². The molecule has 2 aliphatic rings. The Kier molecular flexibility index (Phi) is 5.81. The van der Waals surface area contributed by atoms with Crippen LogP contribution in [0.1, 0.15) is 31.9 Å². The summed E-state index contributed by atoms with van der Waals surface area (Å²) in [6.45, 7) is 5.26. The van der Waals surface area contributed by atoms with Crippen LogP contribution in [-0.4, -0.2) is 60.4 Å². The van der Waals surface area contributed by atoms with Gasteiger partial charge < -0.3 is 19.1 Å². The Hall–Kier alpha value is -1.50. The topological polar surface area (TPSA) is 60.9 Å². The van der Waals surface area contributed by atoms with Gasteiger partial charge in [-0.05, 0) is 31.9 Å². The number of ether oxygens (including phenoxy) is 3. The molecule has 1 aromatic rings. The van der Waals surface area contributed by atoms with Gasteiger partial charge in [0.15, 0.2) is 0 Å². The summed E-state index contributed by atoms with van der Waals surface area (Å²) in [7, 11) is 0. The molecule has 3 heterocycles. The number of amides is 1. The smallest absolute Gasteiger partial charge is 0.248 e. The molecule has 3 rings (SSSR count). The van der Waals surface area contributed by atoms with Crippen molar-refractivity contribution in [2.75, 3.05) is 32.9 Å². The zero-order valence-electron chi connectivity index (χ0n) is 14.3. The molecule has 6 heteroatoms. The largest absolute Gasteiger partial charge is 0.372 e. The van der Waals surface area contributed by atoms with Gasteiger partial charge in [-0.2, -0.15) is 0 Å². The maximum atomic E-state index is 12.0. The lowest BCUT2D eigenvalue weighted by Gasteiger charge is -2.38. The van der Waals surface area contributed by atoms with Gasteiger partial charge in [0.25, 0.3) is 0 Å². The van der Waals surface area contributed by atoms with Gasteiger partial charge >= 0.3 is 0 Å². The van der Waals surface area contributed by atoms with Gasteiger partial charge in [-0.25, -0.2) is 0 Å². The summed E-state index contributed by atoms with van der Waals surface area (Å²) in [5.41, 5.74) is 0.812. The van der Waals surface area contributed by atoms with Crippen molar-refractivity contribution in [1.82, 2.24) is 9.88 Å². The fourth-order valence-electron chi connectivity index (χ4n) is 3.39. The van der Waals surface area contributed by atoms with Crippen molar-refractivity contribution in [1.29, 1.82) is 0 Å². The number of carbonyl (C=O) groups excluding carboxylic acids is 1. The number of hydrogen-bond acceptors (Lipinski definition) is 5. The molecular weight excluding hydrogens is 308 g/mol. The van der Waals surface area contributed by atoms with Crippen molar-refractivity contribution in [3.05, 3.63) is 30.1 Å². The van der Waals surface area contributed by atoms with E-state index in [1.54, 1.807) is 6.20 Å². The van der Waals surface area contributed by atoms with Crippen LogP contribution in [0.3, 0.4) is 0 Å². The maximum Gasteiger partial charge on any atom is 0.248 e. The van der Waals surface area contributed by atoms with E-state index in [1.165, 1.54) is 0 Å². The zero-order chi connectivity index (χ0) is 16.8. The minimum Gasteiger partial charge on any atom is -0.372 e. The van der Waals surface area contributed by atoms with E-state index in [0.717, 1.165) is 38.0 Å². The number of carbonyl (C=O) groups is 1. The first-order chi connectivity index (χ1) is 11.7. The summed E-state index contributed by atoms with van der Waals surface area (Å²) in [4.78, 5) is 18.2. The average molecular weight is 334 g/mol. The Balaban J connectivity index is 1.43. The predicted molar refractivity (Wildman–Crippen MR) is 88.4 cm³/mol. The highest BCUT2D eigenvalue weighted by Gasteiger charge is 2.43. The molecule has 0 aliphatic carbocycles. The van der Waals surface area contributed by atoms with E-state index >= 15 is 0 Å². The first-order valence-electron chi connectivity index (χ1n) is 8.72. The van der Waals surface area contributed by atoms with Crippen LogP contribution in [0, 0.1) is 0 Å². The molecule has 2 fully saturated rings. The first-order valence-corrected chi connectivity index (χ1v) is 8.72. The van der Waals surface area contributed by atoms with Gasteiger partial charge in [0.2, 0.25) is 5.91 Å². The molecule has 1 amide bonds. The number of hydrogen-bond donors (Lipinski definition) is 0. The lowest BCUT2D eigenvalue weighted by Crippen LogP contribution is -2.47. The van der Waals surface area contributed by atoms with Crippen molar-refractivity contribution < 1.29 is 19.0 Å². The molecule has 2 saturated heterocycles. The monoisotopic (exact) mass is 334 g/mol. The van der Waals surface area contributed by atoms with Crippen molar-refractivity contribution in [3.8, 4) is 0 Å². The van der Waals surface area contributed by atoms with Gasteiger partial charge in [-0.1, -0.05) is 6.07 Å². The number of rotatable bonds is 6. The Labute approximate surface area is 143 Å². The van der Waals surface area contributed by atoms with Crippen molar-refractivity contribution >= 4 is 5.91 Å². The van der Waals surface area contributed by atoms with E-state index in [4.69, 9.17) is 14.2 Å². The quantitative estimate of drug-likeness (QED) is 0.794. The van der Waals surface area contributed by atoms with Gasteiger partial charge in [-0.15, -0.1) is 0 Å². The van der Waals surface area contributed by atoms with Gasteiger partial charge in [0, 0.05) is 32.3 Å². The molecule has 1 aromatic heterocycles. The zero-order valence-corrected chi connectivity index (χ0v) is 14.3. The van der Waals surface area contributed by atoms with Crippen LogP contribution in [0.5, 0.6) is 0 Å². The van der Waals surface area contributed by atoms with Crippen LogP contribution in [0.25, 0.3) is 0 Å². The van der Waals surface area contributed by atoms with E-state index in [1.807, 2.05) is 30.0 Å². The molecule has 132 valence electrons. The van der Waals surface area contributed by atoms with Gasteiger partial charge in [0.1, 0.15) is 6.61 Å². The fourth-order valence-corrected chi connectivity index (χ4v) is 3.39. The lowest BCUT2D eigenvalue weighted by atomic mass is 9.88. The predicted octanol–water partition coefficient (Wildman–Crippen LogP) is 1.78. The molecule has 0 aromatic carbocycles. The molecule has 0 N–H and O–H groups in total. The molecule has 0 saturated carbocycles. The van der Waals surface area contributed by atoms with Crippen LogP contribution in [0.15, 0.2) is 24.4 Å². The number of likely N-dealkylation sites (tertiary alicyclic amines) is 1. The van der Waals surface area contributed by atoms with E-state index in [-0.39, 0.29) is 24.2 Å². The SMILES string of the molecule is CCOCC(=O)N1CCC2(CC1)C[C@@H](OCc1ccccn1)CO2. The van der Waals surface area contributed by atoms with Crippen LogP contribution >= 0.6 is 0 Å². The van der Waals surface area contributed by atoms with E-state index < -0.39 is 0 Å². The number of nitrogens with zero attached hydrogens (tertiary/aromatic N) is 2. The Morgan fingerprint density at radius 3 is 2.96 bits per heavy atom. The molecule has 24 heavy (non-hydrogen) atoms. The molecule has 0 radical (unpaired) electrons. The highest BCUT2D eigenvalue weighted by Crippen LogP contribution is 2.37. The highest BCUT2D eigenvalue weighted by atomic mass is 16.6. The summed E-state index contributed by atoms with van der Waals surface area (Å²) in [6.07, 6.45) is 4.52. The standard InChI is InChI=1S/C18H26N2O4/c1-2-22-14-17(21)20-9-6-18(7-10-20)11-16(13-24-18)23-12-15-5-3-4-8-19-15/h3-5,8,16H,2,6-7,9-14H2,1H3/t16-/m1/s1. The second kappa shape index (κ2) is 8.05. The number of pyridine rings is 1. The third-order valence-corrected chi connectivity index (χ3v) is 4.83. The molecular formula is C18H26N2O4. The third-order valence-electron chi connectivity index (χ3n) is 4.83. The van der Waals surface area contributed by atoms with Gasteiger partial charge in [0.05, 0.1) is 30.6 Å². The van der Waals surface area contributed by atoms with Crippen LogP contribution < -0.4 is 0 Å². The molecule has 0 bridgehead atoms. The lowest BCUT2D eigenvalue weighted by molar-refractivity contribution is -0.140. The fraction of sp³-hybridized carbons (Fsp3) is 0.667. The van der Waals surface area contributed by atoms with Crippen LogP contribution in [-0.2, 0) is 25.6 Å². The molecule has 2 aliphatic heterocycles. The number of piperidine rings is 1. The summed E-state index contributed by atoms with van der Waals surface area (Å²) >= 11 is 0. The summed E-state index contributed by atoms with van der Waals surface area (Å²) in [6, 6.07) is 5.83. The Morgan fingerprint density at radius 2 is 2.25 bits per heavy atom. The third kappa shape index (κ3) is 4.32. The molecule has 0 unspecified atom stereocenters. The van der Waals surface area contributed by atoms with Crippen molar-refractivity contribution in [3.63, 3.8) is 0 Å².